The Kier molecular flexibility index (Phi) is 5.48. The maximum Gasteiger partial charge on any atom is 0.251 e. The van der Waals surface area contributed by atoms with Crippen molar-refractivity contribution in [1.29, 1.82) is 0 Å². The minimum atomic E-state index is -0.165. The van der Waals surface area contributed by atoms with Gasteiger partial charge in [-0.25, -0.2) is 4.39 Å². The molecule has 0 N–H and O–H groups in total. The van der Waals surface area contributed by atoms with Crippen molar-refractivity contribution in [2.75, 3.05) is 26.2 Å². The van der Waals surface area contributed by atoms with Gasteiger partial charge in [0, 0.05) is 48.3 Å². The summed E-state index contributed by atoms with van der Waals surface area (Å²) in [6.45, 7) is 6.48. The molecule has 1 atom stereocenters. The number of rotatable bonds is 2. The molecule has 0 saturated carbocycles. The summed E-state index contributed by atoms with van der Waals surface area (Å²) in [5.41, 5.74) is 3.91. The Hall–Kier alpha value is -2.73. The van der Waals surface area contributed by atoms with Gasteiger partial charge in [-0.05, 0) is 62.5 Å². The minimum Gasteiger partial charge on any atom is -0.491 e. The molecule has 1 saturated heterocycles. The lowest BCUT2D eigenvalue weighted by Gasteiger charge is -2.29. The van der Waals surface area contributed by atoms with E-state index in [1.165, 1.54) is 24.8 Å². The molecule has 3 aliphatic rings. The first kappa shape index (κ1) is 20.2. The van der Waals surface area contributed by atoms with Crippen molar-refractivity contribution >= 4 is 10.9 Å². The number of halogens is 1. The highest BCUT2D eigenvalue weighted by Gasteiger charge is 2.30. The van der Waals surface area contributed by atoms with Crippen LogP contribution in [0.1, 0.15) is 42.0 Å². The normalized spacial score (nSPS) is 19.6. The van der Waals surface area contributed by atoms with Crippen LogP contribution >= 0.6 is 0 Å². The number of nitrogens with zero attached hydrogens (tertiary/aromatic N) is 3. The van der Waals surface area contributed by atoms with E-state index in [2.05, 4.69) is 16.0 Å². The number of piperidine rings is 1. The van der Waals surface area contributed by atoms with Crippen molar-refractivity contribution in [3.05, 3.63) is 69.5 Å². The first-order valence-corrected chi connectivity index (χ1v) is 11.2. The summed E-state index contributed by atoms with van der Waals surface area (Å²) >= 11 is 0. The number of pyridine rings is 2. The van der Waals surface area contributed by atoms with E-state index in [-0.39, 0.29) is 17.3 Å². The Morgan fingerprint density at radius 2 is 1.97 bits per heavy atom. The van der Waals surface area contributed by atoms with Crippen LogP contribution in [0, 0.1) is 12.7 Å². The van der Waals surface area contributed by atoms with Gasteiger partial charge < -0.3 is 14.2 Å². The third-order valence-electron chi connectivity index (χ3n) is 6.59. The zero-order chi connectivity index (χ0) is 21.4. The number of likely N-dealkylation sites (tertiary alicyclic amines) is 1. The fraction of sp³-hybridized carbons (Fsp3) is 0.440. The molecule has 5 heterocycles. The summed E-state index contributed by atoms with van der Waals surface area (Å²) in [6.07, 6.45) is 6.60. The van der Waals surface area contributed by atoms with Crippen LogP contribution in [-0.4, -0.2) is 40.7 Å². The predicted molar refractivity (Wildman–Crippen MR) is 119 cm³/mol. The van der Waals surface area contributed by atoms with E-state index in [1.807, 2.05) is 6.92 Å². The molecule has 3 aromatic rings. The molecule has 2 aromatic heterocycles. The Morgan fingerprint density at radius 3 is 2.81 bits per heavy atom. The average molecular weight is 422 g/mol. The molecule has 1 aromatic carbocycles. The van der Waals surface area contributed by atoms with Gasteiger partial charge >= 0.3 is 0 Å². The summed E-state index contributed by atoms with van der Waals surface area (Å²) in [5, 5.41) is 0.965. The lowest BCUT2D eigenvalue weighted by molar-refractivity contribution is 0.211. The van der Waals surface area contributed by atoms with Gasteiger partial charge in [-0.2, -0.15) is 0 Å². The molecule has 0 radical (unpaired) electrons. The van der Waals surface area contributed by atoms with Crippen molar-refractivity contribution in [1.82, 2.24) is 14.5 Å². The molecule has 0 spiro atoms. The smallest absolute Gasteiger partial charge is 0.251 e. The van der Waals surface area contributed by atoms with Crippen LogP contribution in [0.2, 0.25) is 0 Å². The molecular weight excluding hydrogens is 393 g/mol. The van der Waals surface area contributed by atoms with E-state index >= 15 is 0 Å². The number of aromatic nitrogens is 2. The second-order valence-corrected chi connectivity index (χ2v) is 8.77. The van der Waals surface area contributed by atoms with Crippen LogP contribution in [0.3, 0.4) is 0 Å². The molecule has 5 nitrogen and oxygen atoms in total. The van der Waals surface area contributed by atoms with Crippen LogP contribution in [-0.2, 0) is 13.0 Å². The molecule has 0 amide bonds. The molecule has 6 rings (SSSR count). The third kappa shape index (κ3) is 3.97. The van der Waals surface area contributed by atoms with Gasteiger partial charge in [0.15, 0.2) is 0 Å². The molecule has 0 aliphatic carbocycles. The van der Waals surface area contributed by atoms with E-state index in [0.29, 0.717) is 6.54 Å². The molecule has 6 heteroatoms. The molecule has 3 aliphatic heterocycles. The topological polar surface area (TPSA) is 47.4 Å². The summed E-state index contributed by atoms with van der Waals surface area (Å²) in [5.74, 6) is 0.897. The Balaban J connectivity index is 0.000000171. The van der Waals surface area contributed by atoms with Crippen LogP contribution in [0.15, 0.2) is 41.3 Å². The molecule has 1 unspecified atom stereocenters. The monoisotopic (exact) mass is 421 g/mol. The second kappa shape index (κ2) is 8.42. The first-order valence-electron chi connectivity index (χ1n) is 11.2. The van der Waals surface area contributed by atoms with Gasteiger partial charge in [0.25, 0.3) is 5.56 Å². The predicted octanol–water partition coefficient (Wildman–Crippen LogP) is 4.05. The zero-order valence-corrected chi connectivity index (χ0v) is 17.9. The zero-order valence-electron chi connectivity index (χ0n) is 17.9. The maximum absolute atomic E-state index is 14.4. The Bertz CT molecular complexity index is 1170. The number of hydrogen-bond donors (Lipinski definition) is 0. The van der Waals surface area contributed by atoms with Crippen LogP contribution in [0.4, 0.5) is 4.39 Å². The van der Waals surface area contributed by atoms with E-state index < -0.39 is 0 Å². The minimum absolute atomic E-state index is 0.0181. The van der Waals surface area contributed by atoms with Crippen molar-refractivity contribution in [3.8, 4) is 5.75 Å². The Labute approximate surface area is 181 Å². The summed E-state index contributed by atoms with van der Waals surface area (Å²) in [7, 11) is 0. The van der Waals surface area contributed by atoms with Crippen molar-refractivity contribution in [2.45, 2.75) is 45.1 Å². The van der Waals surface area contributed by atoms with E-state index in [0.717, 1.165) is 60.6 Å². The summed E-state index contributed by atoms with van der Waals surface area (Å²) in [4.78, 5) is 18.6. The molecule has 0 bridgehead atoms. The van der Waals surface area contributed by atoms with Crippen LogP contribution < -0.4 is 10.3 Å². The van der Waals surface area contributed by atoms with Gasteiger partial charge in [0.1, 0.15) is 11.6 Å². The number of fused-ring (bicyclic) bond motifs is 1. The Morgan fingerprint density at radius 1 is 1.16 bits per heavy atom. The molecule has 1 fully saturated rings. The van der Waals surface area contributed by atoms with Gasteiger partial charge in [0.05, 0.1) is 18.3 Å². The number of aryl methyl sites for hydroxylation is 1. The second-order valence-electron chi connectivity index (χ2n) is 8.77. The standard InChI is InChI=1S/C17H19FN2O.C8H9NO/c18-14-6-4-12-5-7-15(21)20-11-13(16(14)17(12)20)10-19-8-2-1-3-9-19;1-6-4-7-2-3-10-8(7)5-9-6/h4-7,13H,1-3,8-11H2;4-5H,2-3H2,1H3. The highest BCUT2D eigenvalue weighted by molar-refractivity contribution is 5.84. The highest BCUT2D eigenvalue weighted by atomic mass is 19.1. The highest BCUT2D eigenvalue weighted by Crippen LogP contribution is 2.35. The first-order chi connectivity index (χ1) is 15.1. The number of benzene rings is 1. The average Bonchev–Trinajstić information content (AvgIpc) is 3.39. The lowest BCUT2D eigenvalue weighted by Crippen LogP contribution is -2.34. The van der Waals surface area contributed by atoms with Crippen LogP contribution in [0.5, 0.6) is 5.75 Å². The largest absolute Gasteiger partial charge is 0.491 e. The third-order valence-corrected chi connectivity index (χ3v) is 6.59. The number of hydrogen-bond acceptors (Lipinski definition) is 4. The summed E-state index contributed by atoms with van der Waals surface area (Å²) < 4.78 is 21.4. The SMILES string of the molecule is Cc1cc2c(cn1)OCC2.O=c1ccc2ccc(F)c3c2n1CC3CN1CCCCC1. The quantitative estimate of drug-likeness (QED) is 0.626. The van der Waals surface area contributed by atoms with Gasteiger partial charge in [0.2, 0.25) is 0 Å². The van der Waals surface area contributed by atoms with E-state index in [1.54, 1.807) is 35.0 Å². The van der Waals surface area contributed by atoms with Gasteiger partial charge in [-0.3, -0.25) is 9.78 Å². The molecule has 31 heavy (non-hydrogen) atoms. The molecule has 162 valence electrons. The fourth-order valence-corrected chi connectivity index (χ4v) is 5.08. The van der Waals surface area contributed by atoms with E-state index in [4.69, 9.17) is 4.74 Å². The summed E-state index contributed by atoms with van der Waals surface area (Å²) in [6, 6.07) is 8.80. The molecular formula is C25H28FN3O2. The van der Waals surface area contributed by atoms with Gasteiger partial charge in [-0.1, -0.05) is 6.42 Å². The number of ether oxygens (including phenoxy) is 1. The van der Waals surface area contributed by atoms with E-state index in [9.17, 15) is 9.18 Å². The fourth-order valence-electron chi connectivity index (χ4n) is 5.08. The van der Waals surface area contributed by atoms with Gasteiger partial charge in [-0.15, -0.1) is 0 Å². The van der Waals surface area contributed by atoms with Crippen LogP contribution in [0.25, 0.3) is 10.9 Å². The van der Waals surface area contributed by atoms with Crippen molar-refractivity contribution < 1.29 is 9.13 Å². The van der Waals surface area contributed by atoms with Crippen molar-refractivity contribution in [2.24, 2.45) is 0 Å². The van der Waals surface area contributed by atoms with Crippen molar-refractivity contribution in [3.63, 3.8) is 0 Å². The lowest BCUT2D eigenvalue weighted by atomic mass is 9.97. The maximum atomic E-state index is 14.4.